The highest BCUT2D eigenvalue weighted by Crippen LogP contribution is 2.48. The lowest BCUT2D eigenvalue weighted by Gasteiger charge is -2.04. The summed E-state index contributed by atoms with van der Waals surface area (Å²) in [6.07, 6.45) is 0. The van der Waals surface area contributed by atoms with E-state index in [4.69, 9.17) is 4.42 Å². The van der Waals surface area contributed by atoms with Gasteiger partial charge >= 0.3 is 0 Å². The minimum Gasteiger partial charge on any atom is -0.504 e. The quantitative estimate of drug-likeness (QED) is 0.338. The van der Waals surface area contributed by atoms with E-state index in [0.29, 0.717) is 15.4 Å². The van der Waals surface area contributed by atoms with Gasteiger partial charge in [-0.15, -0.1) is 0 Å². The molecule has 0 spiro atoms. The van der Waals surface area contributed by atoms with Crippen LogP contribution in [0.3, 0.4) is 0 Å². The van der Waals surface area contributed by atoms with E-state index >= 15 is 0 Å². The number of phenolic OH excluding ortho intramolecular Hbond substituents is 3. The van der Waals surface area contributed by atoms with Gasteiger partial charge in [0.15, 0.2) is 22.7 Å². The summed E-state index contributed by atoms with van der Waals surface area (Å²) in [4.78, 5) is 0. The summed E-state index contributed by atoms with van der Waals surface area (Å²) in [5.74, 6) is -0.574. The van der Waals surface area contributed by atoms with Gasteiger partial charge in [-0.2, -0.15) is 0 Å². The molecule has 0 aliphatic carbocycles. The van der Waals surface area contributed by atoms with E-state index in [2.05, 4.69) is 15.9 Å². The van der Waals surface area contributed by atoms with Crippen LogP contribution in [0.4, 0.5) is 0 Å². The van der Waals surface area contributed by atoms with Gasteiger partial charge in [-0.1, -0.05) is 12.1 Å². The number of halogens is 1. The third-order valence-corrected chi connectivity index (χ3v) is 4.01. The Morgan fingerprint density at radius 3 is 2.11 bits per heavy atom. The first-order chi connectivity index (χ1) is 9.08. The molecule has 4 aromatic rings. The highest BCUT2D eigenvalue weighted by molar-refractivity contribution is 9.10. The van der Waals surface area contributed by atoms with Crippen molar-refractivity contribution in [3.05, 3.63) is 28.7 Å². The standard InChI is InChI=1S/C14H7BrO4/c15-7-3-5-1-2-6-4-8(16)12(18)14-10(6)9(5)13(19-14)11(7)17/h1-4,16-18H. The number of hydrogen-bond donors (Lipinski definition) is 3. The first-order valence-electron chi connectivity index (χ1n) is 5.58. The average molecular weight is 319 g/mol. The summed E-state index contributed by atoms with van der Waals surface area (Å²) in [6, 6.07) is 6.98. The molecule has 94 valence electrons. The monoisotopic (exact) mass is 318 g/mol. The topological polar surface area (TPSA) is 73.8 Å². The molecule has 0 fully saturated rings. The Kier molecular flexibility index (Phi) is 1.84. The minimum atomic E-state index is -0.313. The number of benzene rings is 3. The third kappa shape index (κ3) is 1.18. The summed E-state index contributed by atoms with van der Waals surface area (Å²) in [5.41, 5.74) is 0.481. The molecule has 0 saturated heterocycles. The van der Waals surface area contributed by atoms with Crippen LogP contribution in [0, 0.1) is 0 Å². The Hall–Kier alpha value is -2.14. The van der Waals surface area contributed by atoms with Crippen LogP contribution in [-0.2, 0) is 0 Å². The molecule has 1 aromatic heterocycles. The van der Waals surface area contributed by atoms with Crippen molar-refractivity contribution >= 4 is 48.6 Å². The normalized spacial score (nSPS) is 12.1. The molecule has 0 aliphatic heterocycles. The first kappa shape index (κ1) is 10.8. The van der Waals surface area contributed by atoms with Gasteiger partial charge in [0.1, 0.15) is 0 Å². The second-order valence-electron chi connectivity index (χ2n) is 4.47. The van der Waals surface area contributed by atoms with E-state index in [0.717, 1.165) is 16.2 Å². The maximum Gasteiger partial charge on any atom is 0.201 e. The maximum absolute atomic E-state index is 10.1. The minimum absolute atomic E-state index is 0.0184. The van der Waals surface area contributed by atoms with Crippen molar-refractivity contribution in [2.75, 3.05) is 0 Å². The number of phenols is 3. The van der Waals surface area contributed by atoms with Crippen molar-refractivity contribution in [1.29, 1.82) is 0 Å². The second kappa shape index (κ2) is 3.24. The lowest BCUT2D eigenvalue weighted by Crippen LogP contribution is -1.78. The van der Waals surface area contributed by atoms with Gasteiger partial charge in [-0.25, -0.2) is 0 Å². The molecule has 4 nitrogen and oxygen atoms in total. The van der Waals surface area contributed by atoms with Crippen LogP contribution in [0.5, 0.6) is 17.2 Å². The summed E-state index contributed by atoms with van der Waals surface area (Å²) in [6.45, 7) is 0. The van der Waals surface area contributed by atoms with E-state index in [1.165, 1.54) is 6.07 Å². The van der Waals surface area contributed by atoms with Crippen LogP contribution in [0.2, 0.25) is 0 Å². The van der Waals surface area contributed by atoms with Crippen LogP contribution >= 0.6 is 15.9 Å². The van der Waals surface area contributed by atoms with E-state index in [1.54, 1.807) is 6.07 Å². The number of furan rings is 1. The Morgan fingerprint density at radius 1 is 0.842 bits per heavy atom. The van der Waals surface area contributed by atoms with Crippen LogP contribution in [0.25, 0.3) is 32.7 Å². The average Bonchev–Trinajstić information content (AvgIpc) is 2.79. The first-order valence-corrected chi connectivity index (χ1v) is 6.38. The van der Waals surface area contributed by atoms with Crippen molar-refractivity contribution < 1.29 is 19.7 Å². The van der Waals surface area contributed by atoms with Gasteiger partial charge in [0.25, 0.3) is 0 Å². The highest BCUT2D eigenvalue weighted by Gasteiger charge is 2.21. The van der Waals surface area contributed by atoms with E-state index < -0.39 is 0 Å². The van der Waals surface area contributed by atoms with Crippen molar-refractivity contribution in [3.63, 3.8) is 0 Å². The fraction of sp³-hybridized carbons (Fsp3) is 0. The fourth-order valence-electron chi connectivity index (χ4n) is 2.55. The molecule has 0 aliphatic rings. The van der Waals surface area contributed by atoms with Gasteiger partial charge in [0.2, 0.25) is 5.75 Å². The lowest BCUT2D eigenvalue weighted by atomic mass is 10.0. The Bertz CT molecular complexity index is 878. The van der Waals surface area contributed by atoms with E-state index in [-0.39, 0.29) is 22.8 Å². The summed E-state index contributed by atoms with van der Waals surface area (Å²) in [7, 11) is 0. The molecular formula is C14H7BrO4. The molecule has 0 amide bonds. The van der Waals surface area contributed by atoms with E-state index in [1.807, 2.05) is 12.1 Å². The number of hydrogen-bond acceptors (Lipinski definition) is 4. The van der Waals surface area contributed by atoms with Gasteiger partial charge < -0.3 is 19.7 Å². The second-order valence-corrected chi connectivity index (χ2v) is 5.33. The van der Waals surface area contributed by atoms with Crippen LogP contribution < -0.4 is 0 Å². The lowest BCUT2D eigenvalue weighted by molar-refractivity contribution is 0.401. The van der Waals surface area contributed by atoms with Gasteiger partial charge in [-0.3, -0.25) is 0 Å². The Labute approximate surface area is 114 Å². The predicted octanol–water partition coefficient (Wildman–Crippen LogP) is 4.06. The molecule has 4 rings (SSSR count). The molecular weight excluding hydrogens is 312 g/mol. The Morgan fingerprint density at radius 2 is 1.42 bits per heavy atom. The highest BCUT2D eigenvalue weighted by atomic mass is 79.9. The van der Waals surface area contributed by atoms with Crippen molar-refractivity contribution in [2.45, 2.75) is 0 Å². The van der Waals surface area contributed by atoms with Crippen molar-refractivity contribution in [2.24, 2.45) is 0 Å². The summed E-state index contributed by atoms with van der Waals surface area (Å²) < 4.78 is 6.07. The molecule has 0 unspecified atom stereocenters. The molecule has 0 atom stereocenters. The van der Waals surface area contributed by atoms with Crippen molar-refractivity contribution in [1.82, 2.24) is 0 Å². The SMILES string of the molecule is Oc1cc2ccc3cc(Br)c(O)c4oc(c1O)c2c34. The maximum atomic E-state index is 10.1. The van der Waals surface area contributed by atoms with Gasteiger partial charge in [0, 0.05) is 10.8 Å². The van der Waals surface area contributed by atoms with Gasteiger partial charge in [-0.05, 0) is 38.8 Å². The predicted molar refractivity (Wildman–Crippen MR) is 75.1 cm³/mol. The number of rotatable bonds is 0. The summed E-state index contributed by atoms with van der Waals surface area (Å²) >= 11 is 3.26. The number of aromatic hydroxyl groups is 3. The molecule has 3 N–H and O–H groups in total. The summed E-state index contributed by atoms with van der Waals surface area (Å²) in [5, 5.41) is 32.7. The fourth-order valence-corrected chi connectivity index (χ4v) is 2.97. The van der Waals surface area contributed by atoms with Crippen molar-refractivity contribution in [3.8, 4) is 17.2 Å². The zero-order chi connectivity index (χ0) is 13.3. The molecule has 3 aromatic carbocycles. The zero-order valence-corrected chi connectivity index (χ0v) is 11.0. The molecule has 5 heteroatoms. The third-order valence-electron chi connectivity index (χ3n) is 3.40. The molecule has 0 bridgehead atoms. The largest absolute Gasteiger partial charge is 0.504 e. The smallest absolute Gasteiger partial charge is 0.201 e. The molecule has 1 heterocycles. The Balaban J connectivity index is 2.45. The molecule has 19 heavy (non-hydrogen) atoms. The van der Waals surface area contributed by atoms with E-state index in [9.17, 15) is 15.3 Å². The van der Waals surface area contributed by atoms with Gasteiger partial charge in [0.05, 0.1) is 4.47 Å². The molecule has 0 saturated carbocycles. The molecule has 0 radical (unpaired) electrons. The van der Waals surface area contributed by atoms with Crippen LogP contribution in [0.15, 0.2) is 33.2 Å². The zero-order valence-electron chi connectivity index (χ0n) is 9.44. The van der Waals surface area contributed by atoms with Crippen LogP contribution in [0.1, 0.15) is 0 Å². The van der Waals surface area contributed by atoms with Crippen LogP contribution in [-0.4, -0.2) is 15.3 Å².